The van der Waals surface area contributed by atoms with Crippen LogP contribution >= 0.6 is 15.9 Å². The Balaban J connectivity index is 1.98. The summed E-state index contributed by atoms with van der Waals surface area (Å²) < 4.78 is 40.1. The quantitative estimate of drug-likeness (QED) is 0.738. The highest BCUT2D eigenvalue weighted by molar-refractivity contribution is 9.10. The van der Waals surface area contributed by atoms with Crippen molar-refractivity contribution in [3.63, 3.8) is 0 Å². The predicted molar refractivity (Wildman–Crippen MR) is 72.9 cm³/mol. The monoisotopic (exact) mass is 340 g/mol. The number of hydrogen-bond acceptors (Lipinski definition) is 1. The Hall–Kier alpha value is -1.82. The standard InChI is InChI=1S/C14H8BrF3N2/c15-9-5-12-13(6-11(9)18)20-14(19-12)3-7-1-2-8(16)4-10(7)17/h1-2,4-6H,3H2,(H,19,20). The first-order valence-corrected chi connectivity index (χ1v) is 6.60. The lowest BCUT2D eigenvalue weighted by molar-refractivity contribution is 0.574. The highest BCUT2D eigenvalue weighted by Crippen LogP contribution is 2.23. The van der Waals surface area contributed by atoms with E-state index in [0.29, 0.717) is 26.9 Å². The Morgan fingerprint density at radius 2 is 1.85 bits per heavy atom. The number of nitrogens with one attached hydrogen (secondary N) is 1. The lowest BCUT2D eigenvalue weighted by Crippen LogP contribution is -1.95. The van der Waals surface area contributed by atoms with Crippen LogP contribution in [-0.4, -0.2) is 9.97 Å². The average Bonchev–Trinajstić information content (AvgIpc) is 2.75. The van der Waals surface area contributed by atoms with Crippen molar-refractivity contribution in [1.29, 1.82) is 0 Å². The Morgan fingerprint density at radius 1 is 1.05 bits per heavy atom. The molecule has 102 valence electrons. The average molecular weight is 341 g/mol. The fourth-order valence-corrected chi connectivity index (χ4v) is 2.32. The van der Waals surface area contributed by atoms with Gasteiger partial charge in [-0.3, -0.25) is 0 Å². The molecule has 1 aromatic heterocycles. The highest BCUT2D eigenvalue weighted by atomic mass is 79.9. The van der Waals surface area contributed by atoms with E-state index in [1.807, 2.05) is 0 Å². The molecule has 0 aliphatic rings. The molecule has 0 radical (unpaired) electrons. The van der Waals surface area contributed by atoms with Gasteiger partial charge in [0.1, 0.15) is 23.3 Å². The minimum atomic E-state index is -0.627. The fourth-order valence-electron chi connectivity index (χ4n) is 1.99. The molecule has 0 aliphatic carbocycles. The second kappa shape index (κ2) is 4.94. The van der Waals surface area contributed by atoms with Crippen LogP contribution in [0.25, 0.3) is 11.0 Å². The van der Waals surface area contributed by atoms with Crippen LogP contribution in [0.15, 0.2) is 34.8 Å². The zero-order chi connectivity index (χ0) is 14.3. The van der Waals surface area contributed by atoms with Crippen molar-refractivity contribution in [3.8, 4) is 0 Å². The van der Waals surface area contributed by atoms with Crippen LogP contribution in [0.5, 0.6) is 0 Å². The fraction of sp³-hybridized carbons (Fsp3) is 0.0714. The molecule has 2 aromatic carbocycles. The van der Waals surface area contributed by atoms with Gasteiger partial charge in [-0.05, 0) is 33.6 Å². The van der Waals surface area contributed by atoms with Gasteiger partial charge >= 0.3 is 0 Å². The Morgan fingerprint density at radius 3 is 2.60 bits per heavy atom. The number of aromatic nitrogens is 2. The first-order valence-electron chi connectivity index (χ1n) is 5.80. The van der Waals surface area contributed by atoms with Crippen LogP contribution in [0, 0.1) is 17.5 Å². The minimum absolute atomic E-state index is 0.181. The van der Waals surface area contributed by atoms with E-state index < -0.39 is 17.5 Å². The van der Waals surface area contributed by atoms with Crippen LogP contribution in [0.3, 0.4) is 0 Å². The van der Waals surface area contributed by atoms with Gasteiger partial charge in [0.15, 0.2) is 0 Å². The van der Waals surface area contributed by atoms with Gasteiger partial charge in [0, 0.05) is 18.6 Å². The predicted octanol–water partition coefficient (Wildman–Crippen LogP) is 4.33. The third kappa shape index (κ3) is 2.43. The summed E-state index contributed by atoms with van der Waals surface area (Å²) in [5.74, 6) is -1.16. The molecule has 0 amide bonds. The van der Waals surface area contributed by atoms with E-state index in [1.54, 1.807) is 6.07 Å². The maximum absolute atomic E-state index is 13.6. The number of benzene rings is 2. The smallest absolute Gasteiger partial charge is 0.139 e. The molecule has 6 heteroatoms. The summed E-state index contributed by atoms with van der Waals surface area (Å²) in [5, 5.41) is 0. The van der Waals surface area contributed by atoms with Gasteiger partial charge in [-0.25, -0.2) is 18.2 Å². The van der Waals surface area contributed by atoms with Crippen LogP contribution in [0.4, 0.5) is 13.2 Å². The van der Waals surface area contributed by atoms with Crippen LogP contribution in [-0.2, 0) is 6.42 Å². The van der Waals surface area contributed by atoms with Crippen molar-refractivity contribution in [2.45, 2.75) is 6.42 Å². The number of fused-ring (bicyclic) bond motifs is 1. The number of imidazole rings is 1. The molecule has 0 spiro atoms. The number of hydrogen-bond donors (Lipinski definition) is 1. The Kier molecular flexibility index (Phi) is 3.25. The molecule has 0 aliphatic heterocycles. The van der Waals surface area contributed by atoms with Gasteiger partial charge in [0.25, 0.3) is 0 Å². The molecule has 0 saturated heterocycles. The molecule has 0 bridgehead atoms. The largest absolute Gasteiger partial charge is 0.342 e. The van der Waals surface area contributed by atoms with Crippen LogP contribution < -0.4 is 0 Å². The maximum atomic E-state index is 13.6. The zero-order valence-corrected chi connectivity index (χ0v) is 11.6. The summed E-state index contributed by atoms with van der Waals surface area (Å²) in [6, 6.07) is 6.25. The third-order valence-corrected chi connectivity index (χ3v) is 3.55. The SMILES string of the molecule is Fc1ccc(Cc2nc3cc(Br)c(F)cc3[nH]2)c(F)c1. The van der Waals surface area contributed by atoms with Crippen molar-refractivity contribution in [1.82, 2.24) is 9.97 Å². The Bertz CT molecular complexity index is 759. The highest BCUT2D eigenvalue weighted by Gasteiger charge is 2.10. The molecule has 0 fully saturated rings. The van der Waals surface area contributed by atoms with E-state index in [-0.39, 0.29) is 6.42 Å². The van der Waals surface area contributed by atoms with E-state index in [0.717, 1.165) is 6.07 Å². The summed E-state index contributed by atoms with van der Waals surface area (Å²) in [5.41, 5.74) is 1.43. The molecule has 3 rings (SSSR count). The van der Waals surface area contributed by atoms with Gasteiger partial charge in [-0.1, -0.05) is 6.07 Å². The molecule has 0 atom stereocenters. The molecular weight excluding hydrogens is 333 g/mol. The van der Waals surface area contributed by atoms with Gasteiger partial charge < -0.3 is 4.98 Å². The molecule has 2 nitrogen and oxygen atoms in total. The van der Waals surface area contributed by atoms with Gasteiger partial charge in [0.05, 0.1) is 15.5 Å². The van der Waals surface area contributed by atoms with Crippen LogP contribution in [0.2, 0.25) is 0 Å². The van der Waals surface area contributed by atoms with Crippen LogP contribution in [0.1, 0.15) is 11.4 Å². The maximum Gasteiger partial charge on any atom is 0.139 e. The van der Waals surface area contributed by atoms with Crippen molar-refractivity contribution in [2.24, 2.45) is 0 Å². The second-order valence-electron chi connectivity index (χ2n) is 4.38. The second-order valence-corrected chi connectivity index (χ2v) is 5.23. The lowest BCUT2D eigenvalue weighted by Gasteiger charge is -2.00. The number of halogens is 4. The molecule has 20 heavy (non-hydrogen) atoms. The molecule has 1 heterocycles. The normalized spacial score (nSPS) is 11.2. The molecule has 3 aromatic rings. The number of rotatable bonds is 2. The van der Waals surface area contributed by atoms with E-state index >= 15 is 0 Å². The van der Waals surface area contributed by atoms with Crippen molar-refractivity contribution >= 4 is 27.0 Å². The van der Waals surface area contributed by atoms with E-state index in [9.17, 15) is 13.2 Å². The number of H-pyrrole nitrogens is 1. The number of aromatic amines is 1. The van der Waals surface area contributed by atoms with Crippen molar-refractivity contribution in [2.75, 3.05) is 0 Å². The van der Waals surface area contributed by atoms with E-state index in [2.05, 4.69) is 25.9 Å². The first-order chi connectivity index (χ1) is 9.52. The zero-order valence-electron chi connectivity index (χ0n) is 10.1. The van der Waals surface area contributed by atoms with Crippen molar-refractivity contribution < 1.29 is 13.2 Å². The molecule has 0 saturated carbocycles. The van der Waals surface area contributed by atoms with Crippen molar-refractivity contribution in [3.05, 3.63) is 63.6 Å². The first kappa shape index (κ1) is 13.2. The number of nitrogens with zero attached hydrogens (tertiary/aromatic N) is 1. The summed E-state index contributed by atoms with van der Waals surface area (Å²) in [6.45, 7) is 0. The molecule has 1 N–H and O–H groups in total. The molecular formula is C14H8BrF3N2. The van der Waals surface area contributed by atoms with Gasteiger partial charge in [-0.15, -0.1) is 0 Å². The molecule has 0 unspecified atom stereocenters. The van der Waals surface area contributed by atoms with Gasteiger partial charge in [0.2, 0.25) is 0 Å². The topological polar surface area (TPSA) is 28.7 Å². The third-order valence-electron chi connectivity index (χ3n) is 2.95. The van der Waals surface area contributed by atoms with E-state index in [1.165, 1.54) is 18.2 Å². The lowest BCUT2D eigenvalue weighted by atomic mass is 10.1. The summed E-state index contributed by atoms with van der Waals surface area (Å²) in [4.78, 5) is 7.18. The summed E-state index contributed by atoms with van der Waals surface area (Å²) in [6.07, 6.45) is 0.181. The Labute approximate surface area is 120 Å². The minimum Gasteiger partial charge on any atom is -0.342 e. The summed E-state index contributed by atoms with van der Waals surface area (Å²) >= 11 is 3.08. The van der Waals surface area contributed by atoms with E-state index in [4.69, 9.17) is 0 Å². The van der Waals surface area contributed by atoms with Gasteiger partial charge in [-0.2, -0.15) is 0 Å². The summed E-state index contributed by atoms with van der Waals surface area (Å²) in [7, 11) is 0.